The van der Waals surface area contributed by atoms with Gasteiger partial charge in [0.15, 0.2) is 0 Å². The summed E-state index contributed by atoms with van der Waals surface area (Å²) in [5.41, 5.74) is 1.33. The zero-order valence-electron chi connectivity index (χ0n) is 13.9. The second-order valence-electron chi connectivity index (χ2n) is 7.09. The van der Waals surface area contributed by atoms with Gasteiger partial charge in [-0.25, -0.2) is 0 Å². The van der Waals surface area contributed by atoms with E-state index in [9.17, 15) is 0 Å². The van der Waals surface area contributed by atoms with Crippen LogP contribution < -0.4 is 0 Å². The van der Waals surface area contributed by atoms with Gasteiger partial charge in [-0.05, 0) is 31.2 Å². The van der Waals surface area contributed by atoms with Crippen molar-refractivity contribution >= 4 is 6.08 Å². The van der Waals surface area contributed by atoms with Gasteiger partial charge in [0.1, 0.15) is 0 Å². The molecule has 1 aromatic rings. The average molecular weight is 297 g/mol. The summed E-state index contributed by atoms with van der Waals surface area (Å²) in [5, 5.41) is 0. The molecular formula is C21H31N. The number of rotatable bonds is 5. The van der Waals surface area contributed by atoms with Gasteiger partial charge in [0, 0.05) is 18.6 Å². The molecule has 0 atom stereocenters. The SMILES string of the molecule is C(=Cc1ccccc1)CN(C1CCCCC1)C1CCCCC1. The number of hydrogen-bond acceptors (Lipinski definition) is 1. The van der Waals surface area contributed by atoms with Crippen LogP contribution in [-0.2, 0) is 0 Å². The average Bonchev–Trinajstić information content (AvgIpc) is 2.61. The van der Waals surface area contributed by atoms with Crippen LogP contribution in [0.15, 0.2) is 36.4 Å². The molecule has 0 radical (unpaired) electrons. The maximum absolute atomic E-state index is 2.86. The van der Waals surface area contributed by atoms with E-state index in [-0.39, 0.29) is 0 Å². The topological polar surface area (TPSA) is 3.24 Å². The van der Waals surface area contributed by atoms with E-state index < -0.39 is 0 Å². The summed E-state index contributed by atoms with van der Waals surface area (Å²) in [6, 6.07) is 12.4. The van der Waals surface area contributed by atoms with E-state index in [0.29, 0.717) is 0 Å². The van der Waals surface area contributed by atoms with E-state index in [1.807, 2.05) is 0 Å². The van der Waals surface area contributed by atoms with Crippen LogP contribution in [0.3, 0.4) is 0 Å². The lowest BCUT2D eigenvalue weighted by Gasteiger charge is -2.41. The van der Waals surface area contributed by atoms with Crippen LogP contribution in [0.5, 0.6) is 0 Å². The fraction of sp³-hybridized carbons (Fsp3) is 0.619. The molecule has 2 aliphatic rings. The van der Waals surface area contributed by atoms with Gasteiger partial charge >= 0.3 is 0 Å². The Bertz CT molecular complexity index is 420. The van der Waals surface area contributed by atoms with Gasteiger partial charge in [0.2, 0.25) is 0 Å². The molecule has 2 fully saturated rings. The maximum Gasteiger partial charge on any atom is 0.0172 e. The minimum absolute atomic E-state index is 0.845. The summed E-state index contributed by atoms with van der Waals surface area (Å²) >= 11 is 0. The second-order valence-corrected chi connectivity index (χ2v) is 7.09. The highest BCUT2D eigenvalue weighted by Crippen LogP contribution is 2.30. The van der Waals surface area contributed by atoms with Crippen molar-refractivity contribution in [1.29, 1.82) is 0 Å². The van der Waals surface area contributed by atoms with Gasteiger partial charge in [-0.15, -0.1) is 0 Å². The summed E-state index contributed by atoms with van der Waals surface area (Å²) in [5.74, 6) is 0. The first kappa shape index (κ1) is 15.8. The van der Waals surface area contributed by atoms with Crippen molar-refractivity contribution in [1.82, 2.24) is 4.90 Å². The minimum atomic E-state index is 0.845. The Hall–Kier alpha value is -1.08. The van der Waals surface area contributed by atoms with Crippen molar-refractivity contribution in [2.24, 2.45) is 0 Å². The molecule has 22 heavy (non-hydrogen) atoms. The predicted molar refractivity (Wildman–Crippen MR) is 95.9 cm³/mol. The molecule has 1 aromatic carbocycles. The molecule has 2 saturated carbocycles. The third-order valence-corrected chi connectivity index (χ3v) is 5.51. The molecular weight excluding hydrogens is 266 g/mol. The molecule has 120 valence electrons. The van der Waals surface area contributed by atoms with Gasteiger partial charge in [0.05, 0.1) is 0 Å². The van der Waals surface area contributed by atoms with Crippen LogP contribution in [0.4, 0.5) is 0 Å². The predicted octanol–water partition coefficient (Wildman–Crippen LogP) is 5.67. The molecule has 0 aromatic heterocycles. The Kier molecular flexibility index (Phi) is 6.12. The second kappa shape index (κ2) is 8.53. The molecule has 0 spiro atoms. The van der Waals surface area contributed by atoms with Crippen molar-refractivity contribution in [3.8, 4) is 0 Å². The van der Waals surface area contributed by atoms with Crippen molar-refractivity contribution in [2.45, 2.75) is 76.3 Å². The van der Waals surface area contributed by atoms with Crippen molar-refractivity contribution in [3.63, 3.8) is 0 Å². The first-order valence-electron chi connectivity index (χ1n) is 9.41. The molecule has 1 nitrogen and oxygen atoms in total. The zero-order valence-corrected chi connectivity index (χ0v) is 13.9. The van der Waals surface area contributed by atoms with Crippen LogP contribution >= 0.6 is 0 Å². The molecule has 0 aliphatic heterocycles. The number of nitrogens with zero attached hydrogens (tertiary/aromatic N) is 1. The number of hydrogen-bond donors (Lipinski definition) is 0. The van der Waals surface area contributed by atoms with E-state index in [0.717, 1.165) is 18.6 Å². The van der Waals surface area contributed by atoms with Crippen LogP contribution in [0.1, 0.15) is 69.8 Å². The Morgan fingerprint density at radius 1 is 0.773 bits per heavy atom. The van der Waals surface area contributed by atoms with E-state index in [4.69, 9.17) is 0 Å². The highest BCUT2D eigenvalue weighted by atomic mass is 15.2. The molecule has 3 rings (SSSR count). The van der Waals surface area contributed by atoms with Gasteiger partial charge in [-0.1, -0.05) is 81.0 Å². The smallest absolute Gasteiger partial charge is 0.0172 e. The molecule has 0 heterocycles. The van der Waals surface area contributed by atoms with Gasteiger partial charge in [-0.2, -0.15) is 0 Å². The van der Waals surface area contributed by atoms with Gasteiger partial charge in [-0.3, -0.25) is 4.90 Å². The molecule has 0 bridgehead atoms. The molecule has 0 amide bonds. The third-order valence-electron chi connectivity index (χ3n) is 5.51. The third kappa shape index (κ3) is 4.46. The quantitative estimate of drug-likeness (QED) is 0.677. The first-order valence-corrected chi connectivity index (χ1v) is 9.41. The van der Waals surface area contributed by atoms with Crippen LogP contribution in [-0.4, -0.2) is 23.5 Å². The summed E-state index contributed by atoms with van der Waals surface area (Å²) in [6.07, 6.45) is 19.1. The van der Waals surface area contributed by atoms with E-state index in [1.54, 1.807) is 0 Å². The Morgan fingerprint density at radius 2 is 1.32 bits per heavy atom. The van der Waals surface area contributed by atoms with Crippen LogP contribution in [0.2, 0.25) is 0 Å². The maximum atomic E-state index is 2.86. The van der Waals surface area contributed by atoms with Crippen molar-refractivity contribution in [3.05, 3.63) is 42.0 Å². The van der Waals surface area contributed by atoms with E-state index in [1.165, 1.54) is 69.8 Å². The van der Waals surface area contributed by atoms with Gasteiger partial charge < -0.3 is 0 Å². The molecule has 2 aliphatic carbocycles. The minimum Gasteiger partial charge on any atom is -0.294 e. The molecule has 1 heteroatoms. The van der Waals surface area contributed by atoms with Crippen molar-refractivity contribution < 1.29 is 0 Å². The summed E-state index contributed by atoms with van der Waals surface area (Å²) in [7, 11) is 0. The Labute approximate surface area is 136 Å². The standard InChI is InChI=1S/C21H31N/c1-4-11-19(12-5-1)13-10-18-22(20-14-6-2-7-15-20)21-16-8-3-9-17-21/h1,4-5,10-13,20-21H,2-3,6-9,14-18H2. The highest BCUT2D eigenvalue weighted by molar-refractivity contribution is 5.48. The summed E-state index contributed by atoms with van der Waals surface area (Å²) < 4.78 is 0. The molecule has 0 saturated heterocycles. The Morgan fingerprint density at radius 3 is 1.86 bits per heavy atom. The lowest BCUT2D eigenvalue weighted by molar-refractivity contribution is 0.0941. The lowest BCUT2D eigenvalue weighted by atomic mass is 9.88. The molecule has 0 unspecified atom stereocenters. The highest BCUT2D eigenvalue weighted by Gasteiger charge is 2.27. The largest absolute Gasteiger partial charge is 0.294 e. The lowest BCUT2D eigenvalue weighted by Crippen LogP contribution is -2.45. The molecule has 0 N–H and O–H groups in total. The fourth-order valence-corrected chi connectivity index (χ4v) is 4.30. The van der Waals surface area contributed by atoms with Crippen molar-refractivity contribution in [2.75, 3.05) is 6.54 Å². The summed E-state index contributed by atoms with van der Waals surface area (Å²) in [4.78, 5) is 2.86. The zero-order chi connectivity index (χ0) is 15.0. The van der Waals surface area contributed by atoms with E-state index in [2.05, 4.69) is 47.4 Å². The van der Waals surface area contributed by atoms with Crippen LogP contribution in [0.25, 0.3) is 6.08 Å². The summed E-state index contributed by atoms with van der Waals surface area (Å²) in [6.45, 7) is 1.14. The Balaban J connectivity index is 1.63. The van der Waals surface area contributed by atoms with Gasteiger partial charge in [0.25, 0.3) is 0 Å². The van der Waals surface area contributed by atoms with Crippen LogP contribution in [0, 0.1) is 0 Å². The fourth-order valence-electron chi connectivity index (χ4n) is 4.30. The normalized spacial score (nSPS) is 21.7. The number of benzene rings is 1. The first-order chi connectivity index (χ1) is 10.9. The van der Waals surface area contributed by atoms with E-state index >= 15 is 0 Å². The monoisotopic (exact) mass is 297 g/mol.